The van der Waals surface area contributed by atoms with E-state index in [0.29, 0.717) is 16.7 Å². The van der Waals surface area contributed by atoms with Gasteiger partial charge in [0.25, 0.3) is 0 Å². The summed E-state index contributed by atoms with van der Waals surface area (Å²) in [4.78, 5) is 39.1. The number of ketones is 2. The summed E-state index contributed by atoms with van der Waals surface area (Å²) in [5.74, 6) is -2.04. The summed E-state index contributed by atoms with van der Waals surface area (Å²) in [5.41, 5.74) is -0.0996. The Morgan fingerprint density at radius 1 is 0.933 bits per heavy atom. The maximum absolute atomic E-state index is 13.6. The second-order valence-corrected chi connectivity index (χ2v) is 8.14. The molecule has 0 saturated heterocycles. The van der Waals surface area contributed by atoms with Crippen LogP contribution in [0.3, 0.4) is 0 Å². The van der Waals surface area contributed by atoms with Gasteiger partial charge in [-0.25, -0.2) is 0 Å². The largest absolute Gasteiger partial charge is 0.293 e. The Bertz CT molecular complexity index is 1210. The minimum atomic E-state index is -1.47. The molecule has 0 unspecified atom stereocenters. The molecule has 3 aromatic carbocycles. The average molecular weight is 397 g/mol. The minimum absolute atomic E-state index is 0.103. The minimum Gasteiger partial charge on any atom is -0.293 e. The second-order valence-electron chi connectivity index (χ2n) is 8.14. The standard InChI is InChI=1S/C25H19NO4/c1-2-15-14-25(23(27)19-9-5-6-10-20(19)24(25)28)21(22(15)26(29)30)18-12-11-16-7-3-4-8-17(16)13-18/h2-13,15,21-22H,1,14H2/t15-,21+,22-/m1/s1. The van der Waals surface area contributed by atoms with E-state index >= 15 is 0 Å². The highest BCUT2D eigenvalue weighted by atomic mass is 16.6. The predicted octanol–water partition coefficient (Wildman–Crippen LogP) is 4.84. The molecule has 2 aliphatic rings. The van der Waals surface area contributed by atoms with E-state index in [0.717, 1.165) is 10.8 Å². The van der Waals surface area contributed by atoms with Crippen LogP contribution in [0.1, 0.15) is 38.6 Å². The van der Waals surface area contributed by atoms with Gasteiger partial charge in [-0.1, -0.05) is 72.8 Å². The Labute approximate surface area is 173 Å². The van der Waals surface area contributed by atoms with Gasteiger partial charge in [-0.05, 0) is 22.8 Å². The number of fused-ring (bicyclic) bond motifs is 2. The third-order valence-corrected chi connectivity index (χ3v) is 6.77. The molecule has 3 aromatic rings. The van der Waals surface area contributed by atoms with Crippen molar-refractivity contribution < 1.29 is 14.5 Å². The third kappa shape index (κ3) is 2.29. The number of nitrogens with zero attached hydrogens (tertiary/aromatic N) is 1. The SMILES string of the molecule is C=C[C@@H]1CC2(C(=O)c3ccccc3C2=O)[C@@H](c2ccc3ccccc3c2)[C@@H]1[N+](=O)[O-]. The first-order valence-electron chi connectivity index (χ1n) is 9.92. The van der Waals surface area contributed by atoms with E-state index in [4.69, 9.17) is 0 Å². The Morgan fingerprint density at radius 2 is 1.53 bits per heavy atom. The van der Waals surface area contributed by atoms with E-state index in [1.54, 1.807) is 24.3 Å². The molecule has 1 saturated carbocycles. The van der Waals surface area contributed by atoms with Crippen molar-refractivity contribution >= 4 is 22.3 Å². The van der Waals surface area contributed by atoms with E-state index in [1.165, 1.54) is 6.08 Å². The molecule has 0 bridgehead atoms. The summed E-state index contributed by atoms with van der Waals surface area (Å²) in [5, 5.41) is 14.1. The quantitative estimate of drug-likeness (QED) is 0.274. The fourth-order valence-electron chi connectivity index (χ4n) is 5.47. The smallest absolute Gasteiger partial charge is 0.227 e. The van der Waals surface area contributed by atoms with Gasteiger partial charge in [-0.3, -0.25) is 19.7 Å². The molecule has 0 radical (unpaired) electrons. The van der Waals surface area contributed by atoms with Crippen LogP contribution in [0.5, 0.6) is 0 Å². The molecular weight excluding hydrogens is 378 g/mol. The van der Waals surface area contributed by atoms with Gasteiger partial charge in [0.05, 0.1) is 5.92 Å². The van der Waals surface area contributed by atoms with Gasteiger partial charge in [-0.2, -0.15) is 0 Å². The molecule has 30 heavy (non-hydrogen) atoms. The third-order valence-electron chi connectivity index (χ3n) is 6.77. The van der Waals surface area contributed by atoms with E-state index in [1.807, 2.05) is 42.5 Å². The molecular formula is C25H19NO4. The van der Waals surface area contributed by atoms with Crippen molar-refractivity contribution in [1.82, 2.24) is 0 Å². The first-order valence-corrected chi connectivity index (χ1v) is 9.92. The molecule has 2 aliphatic carbocycles. The number of hydrogen-bond donors (Lipinski definition) is 0. The lowest BCUT2D eigenvalue weighted by Crippen LogP contribution is -2.40. The lowest BCUT2D eigenvalue weighted by atomic mass is 9.69. The van der Waals surface area contributed by atoms with Crippen LogP contribution in [0.15, 0.2) is 79.4 Å². The zero-order chi connectivity index (χ0) is 21.0. The molecule has 3 atom stereocenters. The Morgan fingerprint density at radius 3 is 2.13 bits per heavy atom. The van der Waals surface area contributed by atoms with Crippen LogP contribution in [-0.2, 0) is 0 Å². The normalized spacial score (nSPS) is 24.3. The van der Waals surface area contributed by atoms with Crippen molar-refractivity contribution in [2.75, 3.05) is 0 Å². The summed E-state index contributed by atoms with van der Waals surface area (Å²) in [6.07, 6.45) is 1.63. The zero-order valence-corrected chi connectivity index (χ0v) is 16.2. The molecule has 0 N–H and O–H groups in total. The molecule has 5 nitrogen and oxygen atoms in total. The summed E-state index contributed by atoms with van der Waals surface area (Å²) in [6.45, 7) is 3.78. The lowest BCUT2D eigenvalue weighted by Gasteiger charge is -2.28. The van der Waals surface area contributed by atoms with Crippen molar-refractivity contribution in [3.63, 3.8) is 0 Å². The number of hydrogen-bond acceptors (Lipinski definition) is 4. The van der Waals surface area contributed by atoms with Crippen molar-refractivity contribution in [1.29, 1.82) is 0 Å². The van der Waals surface area contributed by atoms with Crippen molar-refractivity contribution in [3.05, 3.63) is 106 Å². The predicted molar refractivity (Wildman–Crippen MR) is 113 cm³/mol. The first-order chi connectivity index (χ1) is 14.5. The molecule has 1 fully saturated rings. The topological polar surface area (TPSA) is 77.3 Å². The zero-order valence-electron chi connectivity index (χ0n) is 16.2. The van der Waals surface area contributed by atoms with Gasteiger partial charge < -0.3 is 0 Å². The molecule has 0 aliphatic heterocycles. The number of Topliss-reactive ketones (excluding diaryl/α,β-unsaturated/α-hetero) is 2. The molecule has 5 heteroatoms. The fraction of sp³-hybridized carbons (Fsp3) is 0.200. The number of rotatable bonds is 3. The maximum atomic E-state index is 13.6. The van der Waals surface area contributed by atoms with E-state index in [9.17, 15) is 19.7 Å². The monoisotopic (exact) mass is 397 g/mol. The van der Waals surface area contributed by atoms with Crippen LogP contribution < -0.4 is 0 Å². The number of benzene rings is 3. The summed E-state index contributed by atoms with van der Waals surface area (Å²) in [7, 11) is 0. The van der Waals surface area contributed by atoms with E-state index in [2.05, 4.69) is 6.58 Å². The molecule has 0 amide bonds. The van der Waals surface area contributed by atoms with Crippen LogP contribution in [0.4, 0.5) is 0 Å². The van der Waals surface area contributed by atoms with E-state index in [-0.39, 0.29) is 22.9 Å². The van der Waals surface area contributed by atoms with Crippen LogP contribution in [0, 0.1) is 21.4 Å². The Balaban J connectivity index is 1.77. The highest BCUT2D eigenvalue weighted by Gasteiger charge is 2.68. The van der Waals surface area contributed by atoms with Gasteiger partial charge in [-0.15, -0.1) is 6.58 Å². The van der Waals surface area contributed by atoms with Gasteiger partial charge in [0, 0.05) is 22.0 Å². The number of nitro groups is 1. The number of carbonyl (C=O) groups excluding carboxylic acids is 2. The Hall–Kier alpha value is -3.60. The Kier molecular flexibility index (Phi) is 3.97. The molecule has 5 rings (SSSR count). The van der Waals surface area contributed by atoms with Gasteiger partial charge >= 0.3 is 0 Å². The average Bonchev–Trinajstić information content (AvgIpc) is 3.23. The molecule has 0 aromatic heterocycles. The summed E-state index contributed by atoms with van der Waals surface area (Å²) >= 11 is 0. The van der Waals surface area contributed by atoms with E-state index < -0.39 is 23.3 Å². The second kappa shape index (κ2) is 6.46. The van der Waals surface area contributed by atoms with Crippen LogP contribution in [-0.4, -0.2) is 22.5 Å². The first kappa shape index (κ1) is 18.4. The van der Waals surface area contributed by atoms with Crippen molar-refractivity contribution in [2.45, 2.75) is 18.4 Å². The molecule has 0 heterocycles. The number of carbonyl (C=O) groups is 2. The van der Waals surface area contributed by atoms with Crippen LogP contribution in [0.2, 0.25) is 0 Å². The summed E-state index contributed by atoms with van der Waals surface area (Å²) < 4.78 is 0. The fourth-order valence-corrected chi connectivity index (χ4v) is 5.47. The van der Waals surface area contributed by atoms with Gasteiger partial charge in [0.1, 0.15) is 5.41 Å². The van der Waals surface area contributed by atoms with Gasteiger partial charge in [0.2, 0.25) is 6.04 Å². The van der Waals surface area contributed by atoms with Crippen LogP contribution in [0.25, 0.3) is 10.8 Å². The molecule has 1 spiro atoms. The van der Waals surface area contributed by atoms with Crippen molar-refractivity contribution in [3.8, 4) is 0 Å². The van der Waals surface area contributed by atoms with Gasteiger partial charge in [0.15, 0.2) is 11.6 Å². The maximum Gasteiger partial charge on any atom is 0.227 e. The highest BCUT2D eigenvalue weighted by Crippen LogP contribution is 2.59. The lowest BCUT2D eigenvalue weighted by molar-refractivity contribution is -0.530. The van der Waals surface area contributed by atoms with Crippen LogP contribution >= 0.6 is 0 Å². The summed E-state index contributed by atoms with van der Waals surface area (Å²) in [6, 6.07) is 18.9. The van der Waals surface area contributed by atoms with Crippen molar-refractivity contribution in [2.24, 2.45) is 11.3 Å². The molecule has 148 valence electrons. The highest BCUT2D eigenvalue weighted by molar-refractivity contribution is 6.30.